The van der Waals surface area contributed by atoms with E-state index in [-0.39, 0.29) is 11.1 Å². The summed E-state index contributed by atoms with van der Waals surface area (Å²) in [7, 11) is 3.52. The molecule has 4 rings (SSSR count). The highest BCUT2D eigenvalue weighted by molar-refractivity contribution is 7.99. The van der Waals surface area contributed by atoms with Gasteiger partial charge in [0, 0.05) is 12.6 Å². The van der Waals surface area contributed by atoms with Gasteiger partial charge in [-0.05, 0) is 43.3 Å². The van der Waals surface area contributed by atoms with Gasteiger partial charge in [-0.15, -0.1) is 20.4 Å². The van der Waals surface area contributed by atoms with E-state index in [1.807, 2.05) is 42.8 Å². The summed E-state index contributed by atoms with van der Waals surface area (Å²) in [6.45, 7) is 1.95. The van der Waals surface area contributed by atoms with Crippen LogP contribution in [0.3, 0.4) is 0 Å². The Morgan fingerprint density at radius 3 is 2.55 bits per heavy atom. The Hall–Kier alpha value is -3.20. The molecule has 0 fully saturated rings. The number of thioether (sulfide) groups is 1. The summed E-state index contributed by atoms with van der Waals surface area (Å²) in [5, 5.41) is 17.4. The molecule has 4 aromatic rings. The minimum absolute atomic E-state index is 0.148. The van der Waals surface area contributed by atoms with Crippen molar-refractivity contribution in [3.63, 3.8) is 0 Å². The molecule has 2 heterocycles. The second-order valence-corrected chi connectivity index (χ2v) is 7.59. The molecule has 0 unspecified atom stereocenters. The van der Waals surface area contributed by atoms with Gasteiger partial charge in [0.15, 0.2) is 11.0 Å². The predicted molar refractivity (Wildman–Crippen MR) is 107 cm³/mol. The topological polar surface area (TPSA) is 78.9 Å². The summed E-state index contributed by atoms with van der Waals surface area (Å²) >= 11 is 1.46. The Bertz CT molecular complexity index is 1130. The van der Waals surface area contributed by atoms with Crippen LogP contribution in [0.2, 0.25) is 0 Å². The smallest absolute Gasteiger partial charge is 0.247 e. The molecule has 0 spiro atoms. The van der Waals surface area contributed by atoms with E-state index in [1.165, 1.54) is 23.9 Å². The van der Waals surface area contributed by atoms with Gasteiger partial charge in [0.05, 0.1) is 17.9 Å². The molecule has 2 aromatic carbocycles. The van der Waals surface area contributed by atoms with Crippen LogP contribution in [-0.2, 0) is 7.05 Å². The number of benzene rings is 2. The van der Waals surface area contributed by atoms with Gasteiger partial charge < -0.3 is 13.7 Å². The summed E-state index contributed by atoms with van der Waals surface area (Å²) in [6.07, 6.45) is 0. The van der Waals surface area contributed by atoms with Crippen LogP contribution in [0.1, 0.15) is 18.1 Å². The molecule has 0 aliphatic carbocycles. The number of nitrogens with zero attached hydrogens (tertiary/aromatic N) is 5. The monoisotopic (exact) mass is 411 g/mol. The molecule has 0 bridgehead atoms. The van der Waals surface area contributed by atoms with Crippen molar-refractivity contribution in [2.24, 2.45) is 7.05 Å². The third-order valence-corrected chi connectivity index (χ3v) is 5.47. The maximum Gasteiger partial charge on any atom is 0.247 e. The maximum atomic E-state index is 13.1. The van der Waals surface area contributed by atoms with Crippen LogP contribution in [-0.4, -0.2) is 32.1 Å². The van der Waals surface area contributed by atoms with Gasteiger partial charge in [-0.2, -0.15) is 0 Å². The second kappa shape index (κ2) is 8.04. The standard InChI is InChI=1S/C20H18FN5O2S/c1-12(18-23-24-19(28-18)13-8-10-14(21)11-9-13)29-20-25-22-17(26(20)2)15-6-4-5-7-16(15)27-3/h4-12H,1-3H3/t12-/m1/s1. The molecule has 7 nitrogen and oxygen atoms in total. The molecule has 9 heteroatoms. The number of methoxy groups -OCH3 is 1. The van der Waals surface area contributed by atoms with Crippen molar-refractivity contribution >= 4 is 11.8 Å². The van der Waals surface area contributed by atoms with Gasteiger partial charge in [-0.3, -0.25) is 0 Å². The van der Waals surface area contributed by atoms with E-state index in [9.17, 15) is 4.39 Å². The van der Waals surface area contributed by atoms with Crippen LogP contribution in [0.25, 0.3) is 22.8 Å². The van der Waals surface area contributed by atoms with E-state index in [0.29, 0.717) is 28.3 Å². The predicted octanol–water partition coefficient (Wildman–Crippen LogP) is 4.53. The molecule has 0 radical (unpaired) electrons. The maximum absolute atomic E-state index is 13.1. The first kappa shape index (κ1) is 19.1. The lowest BCUT2D eigenvalue weighted by Gasteiger charge is -2.09. The van der Waals surface area contributed by atoms with Gasteiger partial charge in [0.2, 0.25) is 11.8 Å². The van der Waals surface area contributed by atoms with Crippen molar-refractivity contribution in [3.8, 4) is 28.6 Å². The van der Waals surface area contributed by atoms with Crippen LogP contribution in [0.15, 0.2) is 58.1 Å². The lowest BCUT2D eigenvalue weighted by molar-refractivity contribution is 0.416. The van der Waals surface area contributed by atoms with Gasteiger partial charge in [0.1, 0.15) is 11.6 Å². The molecule has 29 heavy (non-hydrogen) atoms. The first-order valence-corrected chi connectivity index (χ1v) is 9.73. The van der Waals surface area contributed by atoms with Crippen LogP contribution in [0.5, 0.6) is 5.75 Å². The lowest BCUT2D eigenvalue weighted by atomic mass is 10.2. The summed E-state index contributed by atoms with van der Waals surface area (Å²) in [6, 6.07) is 13.6. The third kappa shape index (κ3) is 3.86. The van der Waals surface area contributed by atoms with E-state index in [4.69, 9.17) is 9.15 Å². The molecule has 1 atom stereocenters. The van der Waals surface area contributed by atoms with Crippen molar-refractivity contribution in [2.75, 3.05) is 7.11 Å². The fraction of sp³-hybridized carbons (Fsp3) is 0.200. The molecule has 0 saturated carbocycles. The summed E-state index contributed by atoms with van der Waals surface area (Å²) in [5.74, 6) is 1.92. The highest BCUT2D eigenvalue weighted by atomic mass is 32.2. The molecule has 0 N–H and O–H groups in total. The van der Waals surface area contributed by atoms with E-state index in [1.54, 1.807) is 19.2 Å². The Balaban J connectivity index is 1.54. The van der Waals surface area contributed by atoms with Crippen molar-refractivity contribution in [1.82, 2.24) is 25.0 Å². The number of hydrogen-bond donors (Lipinski definition) is 0. The second-order valence-electron chi connectivity index (χ2n) is 6.28. The van der Waals surface area contributed by atoms with Crippen LogP contribution in [0, 0.1) is 5.82 Å². The number of rotatable bonds is 6. The van der Waals surface area contributed by atoms with Crippen molar-refractivity contribution < 1.29 is 13.5 Å². The molecule has 148 valence electrons. The molecule has 0 aliphatic rings. The molecule has 0 amide bonds. The van der Waals surface area contributed by atoms with Gasteiger partial charge in [-0.25, -0.2) is 4.39 Å². The Labute approximate surface area is 170 Å². The van der Waals surface area contributed by atoms with E-state index in [0.717, 1.165) is 11.3 Å². The molecule has 2 aromatic heterocycles. The summed E-state index contributed by atoms with van der Waals surface area (Å²) < 4.78 is 26.2. The van der Waals surface area contributed by atoms with Crippen LogP contribution in [0.4, 0.5) is 4.39 Å². The molecular weight excluding hydrogens is 393 g/mol. The van der Waals surface area contributed by atoms with Crippen LogP contribution >= 0.6 is 11.8 Å². The normalized spacial score (nSPS) is 12.1. The number of halogens is 1. The van der Waals surface area contributed by atoms with E-state index in [2.05, 4.69) is 20.4 Å². The van der Waals surface area contributed by atoms with Gasteiger partial charge >= 0.3 is 0 Å². The number of ether oxygens (including phenoxy) is 1. The number of para-hydroxylation sites is 1. The van der Waals surface area contributed by atoms with E-state index < -0.39 is 0 Å². The Morgan fingerprint density at radius 2 is 1.79 bits per heavy atom. The van der Waals surface area contributed by atoms with Crippen LogP contribution < -0.4 is 4.74 Å². The Kier molecular flexibility index (Phi) is 5.30. The van der Waals surface area contributed by atoms with Gasteiger partial charge in [-0.1, -0.05) is 23.9 Å². The molecule has 0 aliphatic heterocycles. The third-order valence-electron chi connectivity index (χ3n) is 4.34. The highest BCUT2D eigenvalue weighted by Gasteiger charge is 2.21. The minimum Gasteiger partial charge on any atom is -0.496 e. The molecule has 0 saturated heterocycles. The zero-order valence-electron chi connectivity index (χ0n) is 16.0. The minimum atomic E-state index is -0.314. The average Bonchev–Trinajstić information content (AvgIpc) is 3.36. The SMILES string of the molecule is COc1ccccc1-c1nnc(S[C@H](C)c2nnc(-c3ccc(F)cc3)o2)n1C. The fourth-order valence-corrected chi connectivity index (χ4v) is 3.64. The number of aromatic nitrogens is 5. The quantitative estimate of drug-likeness (QED) is 0.431. The molecular formula is C20H18FN5O2S. The summed E-state index contributed by atoms with van der Waals surface area (Å²) in [4.78, 5) is 0. The fourth-order valence-electron chi connectivity index (χ4n) is 2.80. The largest absolute Gasteiger partial charge is 0.496 e. The zero-order valence-corrected chi connectivity index (χ0v) is 16.9. The first-order chi connectivity index (χ1) is 14.1. The number of hydrogen-bond acceptors (Lipinski definition) is 7. The lowest BCUT2D eigenvalue weighted by Crippen LogP contribution is -1.98. The first-order valence-electron chi connectivity index (χ1n) is 8.85. The van der Waals surface area contributed by atoms with E-state index >= 15 is 0 Å². The van der Waals surface area contributed by atoms with Gasteiger partial charge in [0.25, 0.3) is 0 Å². The Morgan fingerprint density at radius 1 is 1.03 bits per heavy atom. The highest BCUT2D eigenvalue weighted by Crippen LogP contribution is 2.36. The van der Waals surface area contributed by atoms with Crippen molar-refractivity contribution in [3.05, 3.63) is 60.2 Å². The zero-order chi connectivity index (χ0) is 20.4. The average molecular weight is 411 g/mol. The van der Waals surface area contributed by atoms with Crippen molar-refractivity contribution in [1.29, 1.82) is 0 Å². The summed E-state index contributed by atoms with van der Waals surface area (Å²) in [5.41, 5.74) is 1.53. The van der Waals surface area contributed by atoms with Crippen molar-refractivity contribution in [2.45, 2.75) is 17.3 Å².